The van der Waals surface area contributed by atoms with E-state index in [0.717, 1.165) is 6.20 Å². The zero-order chi connectivity index (χ0) is 25.1. The third-order valence-electron chi connectivity index (χ3n) is 5.32. The average molecular weight is 495 g/mol. The monoisotopic (exact) mass is 495 g/mol. The van der Waals surface area contributed by atoms with Gasteiger partial charge in [-0.25, -0.2) is 9.37 Å². The Morgan fingerprint density at radius 1 is 1.00 bits per heavy atom. The Morgan fingerprint density at radius 3 is 2.56 bits per heavy atom. The molecular weight excluding hydrogens is 473 g/mol. The fraction of sp³-hybridized carbons (Fsp3) is 0.208. The maximum atomic E-state index is 14.4. The summed E-state index contributed by atoms with van der Waals surface area (Å²) in [5.41, 5.74) is 1.60. The molecule has 2 aromatic heterocycles. The number of rotatable bonds is 8. The predicted molar refractivity (Wildman–Crippen MR) is 128 cm³/mol. The summed E-state index contributed by atoms with van der Waals surface area (Å²) >= 11 is 0. The first-order valence-electron chi connectivity index (χ1n) is 11.0. The number of aromatic nitrogens is 2. The van der Waals surface area contributed by atoms with Gasteiger partial charge in [-0.3, -0.25) is 4.79 Å². The van der Waals surface area contributed by atoms with Crippen LogP contribution in [0.1, 0.15) is 10.6 Å². The number of nitrogens with one attached hydrogen (secondary N) is 3. The van der Waals surface area contributed by atoms with Crippen LogP contribution in [-0.2, 0) is 0 Å². The molecule has 36 heavy (non-hydrogen) atoms. The van der Waals surface area contributed by atoms with E-state index in [4.69, 9.17) is 24.1 Å². The van der Waals surface area contributed by atoms with Crippen molar-refractivity contribution in [3.05, 3.63) is 60.2 Å². The number of nitrogens with zero attached hydrogens (tertiary/aromatic N) is 2. The third-order valence-corrected chi connectivity index (χ3v) is 5.32. The Balaban J connectivity index is 1.32. The molecule has 0 aliphatic carbocycles. The van der Waals surface area contributed by atoms with Crippen molar-refractivity contribution in [1.82, 2.24) is 15.3 Å². The van der Waals surface area contributed by atoms with Gasteiger partial charge in [-0.15, -0.1) is 0 Å². The van der Waals surface area contributed by atoms with Crippen molar-refractivity contribution >= 4 is 40.0 Å². The van der Waals surface area contributed by atoms with Crippen LogP contribution in [0.25, 0.3) is 11.0 Å². The van der Waals surface area contributed by atoms with Crippen molar-refractivity contribution in [2.75, 3.05) is 37.1 Å². The predicted octanol–water partition coefficient (Wildman–Crippen LogP) is 2.70. The summed E-state index contributed by atoms with van der Waals surface area (Å²) in [6.07, 6.45) is 1.05. The number of anilines is 4. The summed E-state index contributed by atoms with van der Waals surface area (Å²) in [5.74, 6) is 0.114. The minimum atomic E-state index is -0.788. The number of carbonyl (C=O) groups is 1. The van der Waals surface area contributed by atoms with Crippen molar-refractivity contribution < 1.29 is 33.3 Å². The Bertz CT molecular complexity index is 1410. The van der Waals surface area contributed by atoms with Gasteiger partial charge >= 0.3 is 0 Å². The SMILES string of the molecule is O=C(NC(CO)CO)c1cc2cc(Nc3ncc(F)c(Nc4ccc5c(c4)OCCO5)n3)ccc2o1. The quantitative estimate of drug-likeness (QED) is 0.247. The van der Waals surface area contributed by atoms with E-state index in [1.807, 2.05) is 0 Å². The minimum absolute atomic E-state index is 0.0259. The largest absolute Gasteiger partial charge is 0.486 e. The van der Waals surface area contributed by atoms with E-state index >= 15 is 0 Å². The van der Waals surface area contributed by atoms with Gasteiger partial charge in [0.05, 0.1) is 25.5 Å². The molecule has 0 radical (unpaired) electrons. The molecule has 5 rings (SSSR count). The van der Waals surface area contributed by atoms with Crippen LogP contribution in [0.4, 0.5) is 27.5 Å². The molecule has 3 heterocycles. The average Bonchev–Trinajstić information content (AvgIpc) is 3.33. The Morgan fingerprint density at radius 2 is 1.75 bits per heavy atom. The first-order chi connectivity index (χ1) is 17.5. The molecule has 1 aliphatic heterocycles. The molecule has 12 heteroatoms. The molecule has 0 atom stereocenters. The van der Waals surface area contributed by atoms with Gasteiger partial charge in [0.1, 0.15) is 18.8 Å². The van der Waals surface area contributed by atoms with Gasteiger partial charge in [0.2, 0.25) is 5.95 Å². The van der Waals surface area contributed by atoms with Gasteiger partial charge in [-0.1, -0.05) is 0 Å². The first kappa shape index (κ1) is 23.3. The molecular formula is C24H22FN5O6. The summed E-state index contributed by atoms with van der Waals surface area (Å²) < 4.78 is 31.0. The molecule has 1 amide bonds. The molecule has 5 N–H and O–H groups in total. The van der Waals surface area contributed by atoms with E-state index in [1.54, 1.807) is 36.4 Å². The number of aliphatic hydroxyl groups is 2. The topological polar surface area (TPSA) is 151 Å². The molecule has 186 valence electrons. The highest BCUT2D eigenvalue weighted by atomic mass is 19.1. The number of benzene rings is 2. The molecule has 0 spiro atoms. The number of carbonyl (C=O) groups excluding carboxylic acids is 1. The molecule has 4 aromatic rings. The molecule has 11 nitrogen and oxygen atoms in total. The molecule has 0 unspecified atom stereocenters. The van der Waals surface area contributed by atoms with Gasteiger partial charge in [0.15, 0.2) is 28.9 Å². The van der Waals surface area contributed by atoms with Crippen LogP contribution >= 0.6 is 0 Å². The van der Waals surface area contributed by atoms with Crippen LogP contribution in [0.2, 0.25) is 0 Å². The molecule has 2 aromatic carbocycles. The summed E-state index contributed by atoms with van der Waals surface area (Å²) in [5, 5.41) is 27.3. The van der Waals surface area contributed by atoms with Crippen molar-refractivity contribution in [1.29, 1.82) is 0 Å². The Kier molecular flexibility index (Phi) is 6.52. The van der Waals surface area contributed by atoms with E-state index in [0.29, 0.717) is 47.1 Å². The zero-order valence-corrected chi connectivity index (χ0v) is 18.8. The summed E-state index contributed by atoms with van der Waals surface area (Å²) in [6.45, 7) is 0.104. The molecule has 0 saturated carbocycles. The van der Waals surface area contributed by atoms with Gasteiger partial charge in [-0.2, -0.15) is 4.98 Å². The van der Waals surface area contributed by atoms with Crippen molar-refractivity contribution in [3.8, 4) is 11.5 Å². The molecule has 0 bridgehead atoms. The molecule has 0 fully saturated rings. The van der Waals surface area contributed by atoms with E-state index in [2.05, 4.69) is 25.9 Å². The maximum absolute atomic E-state index is 14.4. The van der Waals surface area contributed by atoms with E-state index in [1.165, 1.54) is 6.07 Å². The Labute approximate surface area is 203 Å². The summed E-state index contributed by atoms with van der Waals surface area (Å²) in [4.78, 5) is 20.5. The van der Waals surface area contributed by atoms with Gasteiger partial charge < -0.3 is 40.1 Å². The second-order valence-corrected chi connectivity index (χ2v) is 7.90. The normalized spacial score (nSPS) is 12.6. The van der Waals surface area contributed by atoms with Crippen LogP contribution in [0.5, 0.6) is 11.5 Å². The van der Waals surface area contributed by atoms with Crippen LogP contribution in [0.15, 0.2) is 53.1 Å². The lowest BCUT2D eigenvalue weighted by Gasteiger charge is -2.19. The van der Waals surface area contributed by atoms with Crippen molar-refractivity contribution in [3.63, 3.8) is 0 Å². The second-order valence-electron chi connectivity index (χ2n) is 7.90. The van der Waals surface area contributed by atoms with Crippen LogP contribution in [-0.4, -0.2) is 58.6 Å². The maximum Gasteiger partial charge on any atom is 0.287 e. The van der Waals surface area contributed by atoms with Crippen LogP contribution in [0, 0.1) is 5.82 Å². The second kappa shape index (κ2) is 10.1. The van der Waals surface area contributed by atoms with Crippen molar-refractivity contribution in [2.24, 2.45) is 0 Å². The van der Waals surface area contributed by atoms with E-state index < -0.39 is 31.0 Å². The summed E-state index contributed by atoms with van der Waals surface area (Å²) in [7, 11) is 0. The number of fused-ring (bicyclic) bond motifs is 2. The van der Waals surface area contributed by atoms with Gasteiger partial charge in [0.25, 0.3) is 5.91 Å². The highest BCUT2D eigenvalue weighted by molar-refractivity contribution is 5.97. The lowest BCUT2D eigenvalue weighted by Crippen LogP contribution is -2.39. The molecule has 1 aliphatic rings. The fourth-order valence-corrected chi connectivity index (χ4v) is 3.54. The van der Waals surface area contributed by atoms with Crippen molar-refractivity contribution in [2.45, 2.75) is 6.04 Å². The number of aliphatic hydroxyl groups excluding tert-OH is 2. The zero-order valence-electron chi connectivity index (χ0n) is 18.8. The van der Waals surface area contributed by atoms with Gasteiger partial charge in [0, 0.05) is 22.8 Å². The van der Waals surface area contributed by atoms with E-state index in [9.17, 15) is 9.18 Å². The number of amides is 1. The van der Waals surface area contributed by atoms with Gasteiger partial charge in [-0.05, 0) is 36.4 Å². The first-order valence-corrected chi connectivity index (χ1v) is 11.0. The smallest absolute Gasteiger partial charge is 0.287 e. The number of hydrogen-bond acceptors (Lipinski definition) is 10. The fourth-order valence-electron chi connectivity index (χ4n) is 3.54. The number of hydrogen-bond donors (Lipinski definition) is 5. The standard InChI is InChI=1S/C24H22FN5O6/c25-17-10-26-24(30-22(17)27-15-2-4-19-20(9-15)35-6-5-34-19)29-14-1-3-18-13(7-14)8-21(36-18)23(33)28-16(11-31)12-32/h1-4,7-10,16,31-32H,5-6,11-12H2,(H,28,33)(H2,26,27,29,30). The lowest BCUT2D eigenvalue weighted by molar-refractivity contribution is 0.0854. The number of furan rings is 1. The number of halogens is 1. The highest BCUT2D eigenvalue weighted by Crippen LogP contribution is 2.34. The Hall–Kier alpha value is -4.42. The van der Waals surface area contributed by atoms with E-state index in [-0.39, 0.29) is 17.5 Å². The highest BCUT2D eigenvalue weighted by Gasteiger charge is 2.17. The molecule has 0 saturated heterocycles. The third kappa shape index (κ3) is 4.99. The van der Waals surface area contributed by atoms with Crippen LogP contribution in [0.3, 0.4) is 0 Å². The van der Waals surface area contributed by atoms with Crippen LogP contribution < -0.4 is 25.4 Å². The lowest BCUT2D eigenvalue weighted by atomic mass is 10.2. The number of ether oxygens (including phenoxy) is 2. The summed E-state index contributed by atoms with van der Waals surface area (Å²) in [6, 6.07) is 11.0. The minimum Gasteiger partial charge on any atom is -0.486 e.